The molecule has 78 valence electrons. The number of nitrogens with one attached hydrogen (secondary N) is 1. The third-order valence-corrected chi connectivity index (χ3v) is 2.59. The summed E-state index contributed by atoms with van der Waals surface area (Å²) in [6.07, 6.45) is 3.47. The first-order valence-corrected chi connectivity index (χ1v) is 4.86. The van der Waals surface area contributed by atoms with Gasteiger partial charge in [-0.15, -0.1) is 12.4 Å². The van der Waals surface area contributed by atoms with Crippen molar-refractivity contribution in [2.45, 2.75) is 25.3 Å². The van der Waals surface area contributed by atoms with Crippen LogP contribution in [0.4, 0.5) is 4.39 Å². The Hall–Kier alpha value is -0.600. The van der Waals surface area contributed by atoms with Crippen LogP contribution in [0, 0.1) is 5.82 Å². The minimum absolute atomic E-state index is 0. The molecule has 1 unspecified atom stereocenters. The van der Waals surface area contributed by atoms with Crippen molar-refractivity contribution in [3.8, 4) is 0 Å². The highest BCUT2D eigenvalue weighted by atomic mass is 35.5. The fourth-order valence-electron chi connectivity index (χ4n) is 1.87. The van der Waals surface area contributed by atoms with Gasteiger partial charge in [0.05, 0.1) is 0 Å². The molecule has 1 aliphatic heterocycles. The SMILES string of the molecule is Cl.Fc1ccccc1C1CCCCN1. The summed E-state index contributed by atoms with van der Waals surface area (Å²) in [5, 5.41) is 3.34. The summed E-state index contributed by atoms with van der Waals surface area (Å²) in [7, 11) is 0. The largest absolute Gasteiger partial charge is 0.310 e. The molecule has 1 aromatic carbocycles. The predicted molar refractivity (Wildman–Crippen MR) is 58.2 cm³/mol. The first kappa shape index (κ1) is 11.5. The van der Waals surface area contributed by atoms with E-state index in [2.05, 4.69) is 5.32 Å². The molecule has 1 heterocycles. The lowest BCUT2D eigenvalue weighted by Crippen LogP contribution is -2.27. The lowest BCUT2D eigenvalue weighted by atomic mass is 9.97. The topological polar surface area (TPSA) is 12.0 Å². The first-order chi connectivity index (χ1) is 6.38. The van der Waals surface area contributed by atoms with Crippen LogP contribution in [0.2, 0.25) is 0 Å². The Bertz CT molecular complexity index is 284. The van der Waals surface area contributed by atoms with E-state index < -0.39 is 0 Å². The highest BCUT2D eigenvalue weighted by Gasteiger charge is 2.16. The van der Waals surface area contributed by atoms with E-state index in [4.69, 9.17) is 0 Å². The van der Waals surface area contributed by atoms with Gasteiger partial charge in [0.15, 0.2) is 0 Å². The highest BCUT2D eigenvalue weighted by molar-refractivity contribution is 5.85. The molecule has 0 aromatic heterocycles. The zero-order valence-electron chi connectivity index (χ0n) is 8.00. The highest BCUT2D eigenvalue weighted by Crippen LogP contribution is 2.24. The maximum atomic E-state index is 13.3. The number of halogens is 2. The van der Waals surface area contributed by atoms with Crippen molar-refractivity contribution in [3.05, 3.63) is 35.6 Å². The van der Waals surface area contributed by atoms with Gasteiger partial charge in [-0.25, -0.2) is 4.39 Å². The third kappa shape index (κ3) is 2.46. The van der Waals surface area contributed by atoms with Crippen LogP contribution in [0.25, 0.3) is 0 Å². The quantitative estimate of drug-likeness (QED) is 0.759. The summed E-state index contributed by atoms with van der Waals surface area (Å²) < 4.78 is 13.3. The molecule has 0 spiro atoms. The van der Waals surface area contributed by atoms with E-state index >= 15 is 0 Å². The zero-order chi connectivity index (χ0) is 9.10. The van der Waals surface area contributed by atoms with E-state index in [0.29, 0.717) is 0 Å². The van der Waals surface area contributed by atoms with Crippen molar-refractivity contribution in [1.82, 2.24) is 5.32 Å². The van der Waals surface area contributed by atoms with Crippen LogP contribution in [0.5, 0.6) is 0 Å². The van der Waals surface area contributed by atoms with Crippen molar-refractivity contribution in [1.29, 1.82) is 0 Å². The summed E-state index contributed by atoms with van der Waals surface area (Å²) in [4.78, 5) is 0. The Balaban J connectivity index is 0.000000980. The van der Waals surface area contributed by atoms with Gasteiger partial charge < -0.3 is 5.32 Å². The lowest BCUT2D eigenvalue weighted by molar-refractivity contribution is 0.400. The van der Waals surface area contributed by atoms with Crippen molar-refractivity contribution >= 4 is 12.4 Å². The standard InChI is InChI=1S/C11H14FN.ClH/c12-10-6-2-1-5-9(10)11-7-3-4-8-13-11;/h1-2,5-6,11,13H,3-4,7-8H2;1H. The number of rotatable bonds is 1. The van der Waals surface area contributed by atoms with Gasteiger partial charge in [-0.3, -0.25) is 0 Å². The molecule has 0 radical (unpaired) electrons. The molecule has 1 atom stereocenters. The summed E-state index contributed by atoms with van der Waals surface area (Å²) in [5.74, 6) is -0.0816. The Kier molecular flexibility index (Phi) is 4.36. The molecule has 1 saturated heterocycles. The van der Waals surface area contributed by atoms with Crippen molar-refractivity contribution in [3.63, 3.8) is 0 Å². The maximum Gasteiger partial charge on any atom is 0.127 e. The fraction of sp³-hybridized carbons (Fsp3) is 0.455. The van der Waals surface area contributed by atoms with E-state index in [-0.39, 0.29) is 24.3 Å². The number of hydrogen-bond acceptors (Lipinski definition) is 1. The Morgan fingerprint density at radius 1 is 1.21 bits per heavy atom. The van der Waals surface area contributed by atoms with E-state index in [1.165, 1.54) is 18.9 Å². The summed E-state index contributed by atoms with van der Waals surface area (Å²) in [6.45, 7) is 1.01. The van der Waals surface area contributed by atoms with Crippen LogP contribution in [-0.4, -0.2) is 6.54 Å². The van der Waals surface area contributed by atoms with Crippen LogP contribution in [0.1, 0.15) is 30.9 Å². The van der Waals surface area contributed by atoms with Gasteiger partial charge in [-0.2, -0.15) is 0 Å². The Morgan fingerprint density at radius 2 is 2.00 bits per heavy atom. The normalized spacial score (nSPS) is 21.4. The third-order valence-electron chi connectivity index (χ3n) is 2.59. The second-order valence-electron chi connectivity index (χ2n) is 3.52. The van der Waals surface area contributed by atoms with Crippen molar-refractivity contribution in [2.24, 2.45) is 0 Å². The molecule has 1 aromatic rings. The van der Waals surface area contributed by atoms with Gasteiger partial charge in [-0.05, 0) is 25.5 Å². The van der Waals surface area contributed by atoms with Gasteiger partial charge in [-0.1, -0.05) is 24.6 Å². The van der Waals surface area contributed by atoms with Crippen LogP contribution in [0.3, 0.4) is 0 Å². The van der Waals surface area contributed by atoms with Crippen molar-refractivity contribution in [2.75, 3.05) is 6.54 Å². The molecule has 1 aliphatic rings. The molecule has 0 saturated carbocycles. The van der Waals surface area contributed by atoms with Gasteiger partial charge in [0.2, 0.25) is 0 Å². The van der Waals surface area contributed by atoms with E-state index in [0.717, 1.165) is 18.5 Å². The van der Waals surface area contributed by atoms with Gasteiger partial charge >= 0.3 is 0 Å². The number of hydrogen-bond donors (Lipinski definition) is 1. The van der Waals surface area contributed by atoms with Crippen LogP contribution in [-0.2, 0) is 0 Å². The second-order valence-corrected chi connectivity index (χ2v) is 3.52. The lowest BCUT2D eigenvalue weighted by Gasteiger charge is -2.23. The maximum absolute atomic E-state index is 13.3. The molecular weight excluding hydrogens is 201 g/mol. The molecular formula is C11H15ClFN. The van der Waals surface area contributed by atoms with Crippen LogP contribution < -0.4 is 5.32 Å². The van der Waals surface area contributed by atoms with Crippen LogP contribution in [0.15, 0.2) is 24.3 Å². The van der Waals surface area contributed by atoms with E-state index in [1.54, 1.807) is 6.07 Å². The van der Waals surface area contributed by atoms with Gasteiger partial charge in [0.25, 0.3) is 0 Å². The molecule has 0 amide bonds. The van der Waals surface area contributed by atoms with E-state index in [1.807, 2.05) is 12.1 Å². The molecule has 1 fully saturated rings. The predicted octanol–water partition coefficient (Wildman–Crippen LogP) is 3.06. The van der Waals surface area contributed by atoms with E-state index in [9.17, 15) is 4.39 Å². The molecule has 3 heteroatoms. The Labute approximate surface area is 90.1 Å². The summed E-state index contributed by atoms with van der Waals surface area (Å²) >= 11 is 0. The van der Waals surface area contributed by atoms with Gasteiger partial charge in [0.1, 0.15) is 5.82 Å². The molecule has 2 rings (SSSR count). The monoisotopic (exact) mass is 215 g/mol. The summed E-state index contributed by atoms with van der Waals surface area (Å²) in [5.41, 5.74) is 0.821. The Morgan fingerprint density at radius 3 is 2.64 bits per heavy atom. The molecule has 14 heavy (non-hydrogen) atoms. The molecule has 0 bridgehead atoms. The first-order valence-electron chi connectivity index (χ1n) is 4.86. The minimum Gasteiger partial charge on any atom is -0.310 e. The van der Waals surface area contributed by atoms with Gasteiger partial charge in [0, 0.05) is 11.6 Å². The average molecular weight is 216 g/mol. The fourth-order valence-corrected chi connectivity index (χ4v) is 1.87. The van der Waals surface area contributed by atoms with Crippen LogP contribution >= 0.6 is 12.4 Å². The number of benzene rings is 1. The number of piperidine rings is 1. The zero-order valence-corrected chi connectivity index (χ0v) is 8.82. The second kappa shape index (κ2) is 5.32. The molecule has 0 aliphatic carbocycles. The molecule has 1 nitrogen and oxygen atoms in total. The average Bonchev–Trinajstić information content (AvgIpc) is 2.20. The minimum atomic E-state index is -0.0816. The summed E-state index contributed by atoms with van der Waals surface area (Å²) in [6, 6.07) is 7.27. The van der Waals surface area contributed by atoms with Crippen molar-refractivity contribution < 1.29 is 4.39 Å². The smallest absolute Gasteiger partial charge is 0.127 e. The molecule has 1 N–H and O–H groups in total.